The molecule has 6 nitrogen and oxygen atoms in total. The smallest absolute Gasteiger partial charge is 0.417 e. The number of hydrogen-bond acceptors (Lipinski definition) is 5. The van der Waals surface area contributed by atoms with Gasteiger partial charge in [-0.25, -0.2) is 4.39 Å². The molecule has 1 N–H and O–H groups in total. The van der Waals surface area contributed by atoms with Crippen LogP contribution >= 0.6 is 0 Å². The van der Waals surface area contributed by atoms with Crippen LogP contribution in [0.3, 0.4) is 0 Å². The standard InChI is InChI=1S/C22H22F4N2O4/c1-11-18(15-6-5-13(23)9-17(15)31-4)19(32-21(11,3)22(24,25)26)20(30)28-14-7-8-27-16(10-14)12(2)29/h5-11,18-19H,1-4H3,(H,27,28,30)/t11-,18+,19-,21-/m1/s1. The Labute approximate surface area is 181 Å². The van der Waals surface area contributed by atoms with Crippen molar-refractivity contribution in [3.8, 4) is 5.75 Å². The minimum atomic E-state index is -4.77. The second-order valence-electron chi connectivity index (χ2n) is 7.82. The van der Waals surface area contributed by atoms with Gasteiger partial charge in [-0.2, -0.15) is 13.2 Å². The van der Waals surface area contributed by atoms with Gasteiger partial charge in [0, 0.05) is 42.3 Å². The van der Waals surface area contributed by atoms with E-state index in [1.54, 1.807) is 0 Å². The topological polar surface area (TPSA) is 77.5 Å². The Morgan fingerprint density at radius 2 is 1.91 bits per heavy atom. The Morgan fingerprint density at radius 1 is 1.22 bits per heavy atom. The summed E-state index contributed by atoms with van der Waals surface area (Å²) in [5, 5.41) is 2.50. The number of carbonyl (C=O) groups is 2. The molecule has 2 heterocycles. The molecule has 1 fully saturated rings. The zero-order chi connectivity index (χ0) is 23.8. The van der Waals surface area contributed by atoms with Crippen LogP contribution in [0.4, 0.5) is 23.2 Å². The van der Waals surface area contributed by atoms with Crippen LogP contribution in [0, 0.1) is 11.7 Å². The van der Waals surface area contributed by atoms with Crippen molar-refractivity contribution >= 4 is 17.4 Å². The van der Waals surface area contributed by atoms with Crippen LogP contribution in [0.5, 0.6) is 5.75 Å². The molecule has 1 amide bonds. The van der Waals surface area contributed by atoms with E-state index in [9.17, 15) is 27.2 Å². The average Bonchev–Trinajstić information content (AvgIpc) is 3.00. The zero-order valence-electron chi connectivity index (χ0n) is 17.8. The molecule has 1 aromatic heterocycles. The molecule has 0 unspecified atom stereocenters. The molecule has 1 aromatic carbocycles. The van der Waals surface area contributed by atoms with E-state index in [-0.39, 0.29) is 28.5 Å². The van der Waals surface area contributed by atoms with E-state index >= 15 is 0 Å². The predicted molar refractivity (Wildman–Crippen MR) is 107 cm³/mol. The zero-order valence-corrected chi connectivity index (χ0v) is 17.8. The fourth-order valence-electron chi connectivity index (χ4n) is 3.90. The first-order chi connectivity index (χ1) is 14.9. The highest BCUT2D eigenvalue weighted by Gasteiger charge is 2.65. The van der Waals surface area contributed by atoms with Gasteiger partial charge >= 0.3 is 6.18 Å². The number of aromatic nitrogens is 1. The van der Waals surface area contributed by atoms with Crippen molar-refractivity contribution in [3.05, 3.63) is 53.6 Å². The van der Waals surface area contributed by atoms with Gasteiger partial charge in [-0.1, -0.05) is 13.0 Å². The molecular weight excluding hydrogens is 432 g/mol. The number of hydrogen-bond donors (Lipinski definition) is 1. The minimum Gasteiger partial charge on any atom is -0.496 e. The maximum absolute atomic E-state index is 13.9. The minimum absolute atomic E-state index is 0.0115. The number of anilines is 1. The molecule has 3 rings (SSSR count). The van der Waals surface area contributed by atoms with Gasteiger partial charge in [0.15, 0.2) is 11.4 Å². The van der Waals surface area contributed by atoms with E-state index in [2.05, 4.69) is 10.3 Å². The lowest BCUT2D eigenvalue weighted by atomic mass is 9.77. The summed E-state index contributed by atoms with van der Waals surface area (Å²) in [5.74, 6) is -4.11. The molecule has 0 spiro atoms. The number of carbonyl (C=O) groups excluding carboxylic acids is 2. The molecule has 4 atom stereocenters. The number of halogens is 4. The molecule has 0 radical (unpaired) electrons. The number of benzene rings is 1. The molecule has 0 bridgehead atoms. The first kappa shape index (κ1) is 23.6. The number of alkyl halides is 3. The Morgan fingerprint density at radius 3 is 2.50 bits per heavy atom. The molecule has 1 saturated heterocycles. The van der Waals surface area contributed by atoms with Gasteiger partial charge in [-0.05, 0) is 25.1 Å². The summed E-state index contributed by atoms with van der Waals surface area (Å²) < 4.78 is 66.1. The van der Waals surface area contributed by atoms with Crippen LogP contribution in [0.15, 0.2) is 36.5 Å². The molecular formula is C22H22F4N2O4. The van der Waals surface area contributed by atoms with E-state index in [0.717, 1.165) is 19.1 Å². The van der Waals surface area contributed by atoms with Gasteiger partial charge in [-0.3, -0.25) is 14.6 Å². The highest BCUT2D eigenvalue weighted by Crippen LogP contribution is 2.54. The molecule has 32 heavy (non-hydrogen) atoms. The molecule has 1 aliphatic heterocycles. The molecule has 0 saturated carbocycles. The number of rotatable bonds is 5. The maximum Gasteiger partial charge on any atom is 0.417 e. The lowest BCUT2D eigenvalue weighted by molar-refractivity contribution is -0.272. The third-order valence-electron chi connectivity index (χ3n) is 5.87. The van der Waals surface area contributed by atoms with E-state index in [1.165, 1.54) is 45.4 Å². The monoisotopic (exact) mass is 454 g/mol. The normalized spacial score (nSPS) is 25.4. The van der Waals surface area contributed by atoms with E-state index in [0.29, 0.717) is 0 Å². The summed E-state index contributed by atoms with van der Waals surface area (Å²) in [5.41, 5.74) is -2.16. The van der Waals surface area contributed by atoms with Crippen LogP contribution < -0.4 is 10.1 Å². The van der Waals surface area contributed by atoms with Crippen molar-refractivity contribution in [3.63, 3.8) is 0 Å². The van der Waals surface area contributed by atoms with Crippen molar-refractivity contribution in [2.24, 2.45) is 5.92 Å². The predicted octanol–water partition coefficient (Wildman–Crippen LogP) is 4.51. The molecule has 172 valence electrons. The number of ether oxygens (including phenoxy) is 2. The van der Waals surface area contributed by atoms with Gasteiger partial charge in [0.2, 0.25) is 0 Å². The van der Waals surface area contributed by atoms with Crippen molar-refractivity contribution < 1.29 is 36.6 Å². The van der Waals surface area contributed by atoms with Crippen LogP contribution in [0.25, 0.3) is 0 Å². The Hall–Kier alpha value is -3.01. The fraction of sp³-hybridized carbons (Fsp3) is 0.409. The van der Waals surface area contributed by atoms with Gasteiger partial charge in [0.1, 0.15) is 23.4 Å². The molecule has 0 aliphatic carbocycles. The van der Waals surface area contributed by atoms with Crippen molar-refractivity contribution in [2.75, 3.05) is 12.4 Å². The number of methoxy groups -OCH3 is 1. The Balaban J connectivity index is 2.04. The largest absolute Gasteiger partial charge is 0.496 e. The first-order valence-corrected chi connectivity index (χ1v) is 9.75. The molecule has 1 aliphatic rings. The first-order valence-electron chi connectivity index (χ1n) is 9.75. The Bertz CT molecular complexity index is 1040. The van der Waals surface area contributed by atoms with Crippen LogP contribution in [0.2, 0.25) is 0 Å². The average molecular weight is 454 g/mol. The summed E-state index contributed by atoms with van der Waals surface area (Å²) in [6.07, 6.45) is -5.04. The van der Waals surface area contributed by atoms with Crippen LogP contribution in [-0.4, -0.2) is 41.7 Å². The second-order valence-corrected chi connectivity index (χ2v) is 7.82. The van der Waals surface area contributed by atoms with E-state index < -0.39 is 41.4 Å². The lowest BCUT2D eigenvalue weighted by Crippen LogP contribution is -2.47. The number of amides is 1. The number of nitrogens with one attached hydrogen (secondary N) is 1. The van der Waals surface area contributed by atoms with Crippen LogP contribution in [0.1, 0.15) is 42.7 Å². The SMILES string of the molecule is COc1cc(F)ccc1[C@@H]1[C@@H](C)[C@](C)(C(F)(F)F)O[C@H]1C(=O)Nc1ccnc(C(C)=O)c1. The third kappa shape index (κ3) is 4.19. The van der Waals surface area contributed by atoms with E-state index in [4.69, 9.17) is 9.47 Å². The maximum atomic E-state index is 13.9. The summed E-state index contributed by atoms with van der Waals surface area (Å²) in [6.45, 7) is 3.50. The number of Topliss-reactive ketones (excluding diaryl/α,β-unsaturated/α-hetero) is 1. The number of ketones is 1. The summed E-state index contributed by atoms with van der Waals surface area (Å²) in [7, 11) is 1.26. The number of pyridine rings is 1. The third-order valence-corrected chi connectivity index (χ3v) is 5.87. The van der Waals surface area contributed by atoms with Gasteiger partial charge in [0.05, 0.1) is 7.11 Å². The van der Waals surface area contributed by atoms with Crippen molar-refractivity contribution in [2.45, 2.75) is 44.6 Å². The quantitative estimate of drug-likeness (QED) is 0.531. The highest BCUT2D eigenvalue weighted by atomic mass is 19.4. The summed E-state index contributed by atoms with van der Waals surface area (Å²) in [6, 6.07) is 6.14. The van der Waals surface area contributed by atoms with Crippen molar-refractivity contribution in [1.82, 2.24) is 4.98 Å². The van der Waals surface area contributed by atoms with E-state index in [1.807, 2.05) is 0 Å². The van der Waals surface area contributed by atoms with Gasteiger partial charge < -0.3 is 14.8 Å². The highest BCUT2D eigenvalue weighted by molar-refractivity contribution is 5.97. The second kappa shape index (κ2) is 8.50. The summed E-state index contributed by atoms with van der Waals surface area (Å²) in [4.78, 5) is 28.5. The lowest BCUT2D eigenvalue weighted by Gasteiger charge is -2.32. The van der Waals surface area contributed by atoms with Crippen molar-refractivity contribution in [1.29, 1.82) is 0 Å². The van der Waals surface area contributed by atoms with Gasteiger partial charge in [0.25, 0.3) is 5.91 Å². The molecule has 2 aromatic rings. The Kier molecular flexibility index (Phi) is 6.28. The summed E-state index contributed by atoms with van der Waals surface area (Å²) >= 11 is 0. The number of nitrogens with zero attached hydrogens (tertiary/aromatic N) is 1. The van der Waals surface area contributed by atoms with Gasteiger partial charge in [-0.15, -0.1) is 0 Å². The molecule has 10 heteroatoms. The fourth-order valence-corrected chi connectivity index (χ4v) is 3.90. The van der Waals surface area contributed by atoms with Crippen LogP contribution in [-0.2, 0) is 9.53 Å².